The maximum absolute atomic E-state index is 12.6. The Morgan fingerprint density at radius 2 is 1.96 bits per heavy atom. The summed E-state index contributed by atoms with van der Waals surface area (Å²) >= 11 is 1.44. The lowest BCUT2D eigenvalue weighted by Crippen LogP contribution is -2.17. The molecular weight excluding hydrogens is 368 g/mol. The van der Waals surface area contributed by atoms with Crippen molar-refractivity contribution in [1.29, 1.82) is 0 Å². The summed E-state index contributed by atoms with van der Waals surface area (Å²) in [6.07, 6.45) is -0.732. The average Bonchev–Trinajstić information content (AvgIpc) is 2.95. The Labute approximate surface area is 159 Å². The monoisotopic (exact) mass is 388 g/mol. The molecule has 3 aromatic rings. The number of nitrogens with one attached hydrogen (secondary N) is 1. The highest BCUT2D eigenvalue weighted by Gasteiger charge is 2.21. The van der Waals surface area contributed by atoms with E-state index in [2.05, 4.69) is 9.97 Å². The number of methoxy groups -OCH3 is 2. The zero-order valence-electron chi connectivity index (χ0n) is 15.7. The Hall–Kier alpha value is -2.87. The molecule has 0 bridgehead atoms. The number of aromatic nitrogens is 2. The van der Waals surface area contributed by atoms with Crippen LogP contribution in [0.5, 0.6) is 11.5 Å². The number of nitrogens with zero attached hydrogens (tertiary/aromatic N) is 1. The van der Waals surface area contributed by atoms with Crippen LogP contribution in [0.3, 0.4) is 0 Å². The fourth-order valence-electron chi connectivity index (χ4n) is 2.71. The number of thiophene rings is 1. The van der Waals surface area contributed by atoms with Crippen LogP contribution in [0, 0.1) is 13.8 Å². The predicted octanol–water partition coefficient (Wildman–Crippen LogP) is 3.54. The molecule has 7 nitrogen and oxygen atoms in total. The number of benzene rings is 1. The van der Waals surface area contributed by atoms with Gasteiger partial charge in [-0.05, 0) is 38.5 Å². The highest BCUT2D eigenvalue weighted by molar-refractivity contribution is 7.18. The average molecular weight is 388 g/mol. The summed E-state index contributed by atoms with van der Waals surface area (Å²) < 4.78 is 15.9. The van der Waals surface area contributed by atoms with Gasteiger partial charge in [-0.25, -0.2) is 9.78 Å². The van der Waals surface area contributed by atoms with E-state index in [1.54, 1.807) is 25.1 Å². The summed E-state index contributed by atoms with van der Waals surface area (Å²) in [5.74, 6) is 0.627. The molecule has 0 unspecified atom stereocenters. The van der Waals surface area contributed by atoms with Crippen molar-refractivity contribution in [3.05, 3.63) is 50.4 Å². The van der Waals surface area contributed by atoms with Gasteiger partial charge in [0.2, 0.25) is 0 Å². The number of hydrogen-bond acceptors (Lipinski definition) is 7. The van der Waals surface area contributed by atoms with Gasteiger partial charge in [0.25, 0.3) is 5.56 Å². The zero-order valence-corrected chi connectivity index (χ0v) is 16.5. The second-order valence-electron chi connectivity index (χ2n) is 6.03. The zero-order chi connectivity index (χ0) is 19.7. The Kier molecular flexibility index (Phi) is 5.18. The molecule has 2 aromatic heterocycles. The van der Waals surface area contributed by atoms with Crippen molar-refractivity contribution < 1.29 is 19.0 Å². The van der Waals surface area contributed by atoms with Gasteiger partial charge < -0.3 is 19.2 Å². The van der Waals surface area contributed by atoms with Gasteiger partial charge in [-0.1, -0.05) is 0 Å². The first-order valence-electron chi connectivity index (χ1n) is 8.28. The van der Waals surface area contributed by atoms with Crippen LogP contribution in [0.25, 0.3) is 10.2 Å². The summed E-state index contributed by atoms with van der Waals surface area (Å²) in [5.41, 5.74) is 0.945. The highest BCUT2D eigenvalue weighted by atomic mass is 32.1. The van der Waals surface area contributed by atoms with Crippen molar-refractivity contribution in [3.63, 3.8) is 0 Å². The molecule has 1 atom stereocenters. The summed E-state index contributed by atoms with van der Waals surface area (Å²) in [6.45, 7) is 5.50. The molecule has 0 spiro atoms. The van der Waals surface area contributed by atoms with E-state index in [4.69, 9.17) is 14.2 Å². The molecule has 1 aromatic carbocycles. The number of ether oxygens (including phenoxy) is 3. The van der Waals surface area contributed by atoms with E-state index < -0.39 is 12.1 Å². The van der Waals surface area contributed by atoms with Gasteiger partial charge in [-0.15, -0.1) is 11.3 Å². The maximum Gasteiger partial charge on any atom is 0.342 e. The fourth-order valence-corrected chi connectivity index (χ4v) is 3.75. The van der Waals surface area contributed by atoms with Crippen molar-refractivity contribution in [2.75, 3.05) is 14.2 Å². The number of H-pyrrole nitrogens is 1. The number of esters is 1. The van der Waals surface area contributed by atoms with Crippen LogP contribution >= 0.6 is 11.3 Å². The molecule has 1 N–H and O–H groups in total. The third-order valence-corrected chi connectivity index (χ3v) is 5.46. The molecule has 3 rings (SSSR count). The Balaban J connectivity index is 1.89. The van der Waals surface area contributed by atoms with E-state index in [9.17, 15) is 9.59 Å². The van der Waals surface area contributed by atoms with Gasteiger partial charge in [0.1, 0.15) is 21.9 Å². The Bertz CT molecular complexity index is 1070. The number of carbonyl (C=O) groups excluding carboxylic acids is 1. The van der Waals surface area contributed by atoms with E-state index in [1.165, 1.54) is 25.6 Å². The standard InChI is InChI=1S/C19H20N2O5S/c1-9-11(3)27-18-15(9)17(22)20-16(21-18)10(2)26-19(23)13-7-6-12(24-4)8-14(13)25-5/h6-8,10H,1-5H3,(H,20,21,22)/t10-/m1/s1. The first-order valence-corrected chi connectivity index (χ1v) is 9.10. The van der Waals surface area contributed by atoms with Crippen LogP contribution in [0.1, 0.15) is 39.7 Å². The lowest BCUT2D eigenvalue weighted by Gasteiger charge is -2.14. The van der Waals surface area contributed by atoms with Crippen molar-refractivity contribution >= 4 is 27.5 Å². The van der Waals surface area contributed by atoms with E-state index in [-0.39, 0.29) is 11.1 Å². The van der Waals surface area contributed by atoms with Crippen molar-refractivity contribution in [3.8, 4) is 11.5 Å². The topological polar surface area (TPSA) is 90.5 Å². The van der Waals surface area contributed by atoms with Gasteiger partial charge in [0, 0.05) is 10.9 Å². The molecule has 2 heterocycles. The smallest absolute Gasteiger partial charge is 0.342 e. The number of carbonyl (C=O) groups is 1. The summed E-state index contributed by atoms with van der Waals surface area (Å²) in [6, 6.07) is 4.82. The maximum atomic E-state index is 12.6. The largest absolute Gasteiger partial charge is 0.497 e. The lowest BCUT2D eigenvalue weighted by atomic mass is 10.2. The molecule has 0 amide bonds. The van der Waals surface area contributed by atoms with Crippen LogP contribution in [0.4, 0.5) is 0 Å². The van der Waals surface area contributed by atoms with Crippen LogP contribution in [0.2, 0.25) is 0 Å². The molecule has 0 aliphatic carbocycles. The van der Waals surface area contributed by atoms with Crippen molar-refractivity contribution in [2.24, 2.45) is 0 Å². The Morgan fingerprint density at radius 1 is 1.22 bits per heavy atom. The predicted molar refractivity (Wildman–Crippen MR) is 103 cm³/mol. The first kappa shape index (κ1) is 18.9. The van der Waals surface area contributed by atoms with Gasteiger partial charge >= 0.3 is 5.97 Å². The molecule has 0 radical (unpaired) electrons. The molecule has 27 heavy (non-hydrogen) atoms. The van der Waals surface area contributed by atoms with Crippen LogP contribution in [0.15, 0.2) is 23.0 Å². The lowest BCUT2D eigenvalue weighted by molar-refractivity contribution is 0.0316. The van der Waals surface area contributed by atoms with Crippen LogP contribution in [-0.2, 0) is 4.74 Å². The number of aryl methyl sites for hydroxylation is 2. The number of rotatable bonds is 5. The summed E-state index contributed by atoms with van der Waals surface area (Å²) in [5, 5.41) is 0.580. The second-order valence-corrected chi connectivity index (χ2v) is 7.23. The molecule has 8 heteroatoms. The van der Waals surface area contributed by atoms with E-state index in [0.717, 1.165) is 10.4 Å². The second kappa shape index (κ2) is 7.40. The third kappa shape index (κ3) is 3.52. The highest BCUT2D eigenvalue weighted by Crippen LogP contribution is 2.29. The minimum Gasteiger partial charge on any atom is -0.497 e. The number of hydrogen-bond donors (Lipinski definition) is 1. The fraction of sp³-hybridized carbons (Fsp3) is 0.316. The summed E-state index contributed by atoms with van der Waals surface area (Å²) in [7, 11) is 2.99. The number of aromatic amines is 1. The van der Waals surface area contributed by atoms with Gasteiger partial charge in [0.15, 0.2) is 11.9 Å². The van der Waals surface area contributed by atoms with E-state index >= 15 is 0 Å². The molecule has 142 valence electrons. The normalized spacial score (nSPS) is 12.0. The van der Waals surface area contributed by atoms with Crippen molar-refractivity contribution in [1.82, 2.24) is 9.97 Å². The molecule has 0 aliphatic heterocycles. The molecule has 0 saturated heterocycles. The molecular formula is C19H20N2O5S. The van der Waals surface area contributed by atoms with Crippen LogP contribution in [-0.4, -0.2) is 30.2 Å². The Morgan fingerprint density at radius 3 is 2.63 bits per heavy atom. The minimum absolute atomic E-state index is 0.234. The van der Waals surface area contributed by atoms with Crippen LogP contribution < -0.4 is 15.0 Å². The van der Waals surface area contributed by atoms with E-state index in [1.807, 2.05) is 13.8 Å². The minimum atomic E-state index is -0.732. The van der Waals surface area contributed by atoms with Crippen molar-refractivity contribution in [2.45, 2.75) is 26.9 Å². The van der Waals surface area contributed by atoms with Gasteiger partial charge in [-0.2, -0.15) is 0 Å². The first-order chi connectivity index (χ1) is 12.8. The van der Waals surface area contributed by atoms with Gasteiger partial charge in [-0.3, -0.25) is 4.79 Å². The molecule has 0 fully saturated rings. The summed E-state index contributed by atoms with van der Waals surface area (Å²) in [4.78, 5) is 33.8. The quantitative estimate of drug-likeness (QED) is 0.673. The van der Waals surface area contributed by atoms with Gasteiger partial charge in [0.05, 0.1) is 19.6 Å². The molecule has 0 saturated carbocycles. The molecule has 0 aliphatic rings. The number of fused-ring (bicyclic) bond motifs is 1. The third-order valence-electron chi connectivity index (χ3n) is 4.35. The SMILES string of the molecule is COc1ccc(C(=O)O[C@H](C)c2nc3sc(C)c(C)c3c(=O)[nH]2)c(OC)c1. The van der Waals surface area contributed by atoms with E-state index in [0.29, 0.717) is 27.5 Å².